The smallest absolute Gasteiger partial charge is 0.131 e. The molecule has 1 heterocycles. The topological polar surface area (TPSA) is 93.5 Å². The standard InChI is InChI=1S/C19H25N3O2/c1-19(2)18(23)17(22-9-8-12-6-4-3-5-7-12)13-10-14(20)15(21)11-16(13)24-19/h3-7,10-11,17-18,22-23H,8-9,20-21H2,1-2H3/t17-,18+/m1/s1. The van der Waals surface area contributed by atoms with Gasteiger partial charge in [0.05, 0.1) is 17.4 Å². The lowest BCUT2D eigenvalue weighted by molar-refractivity contribution is -0.0643. The Labute approximate surface area is 142 Å². The van der Waals surface area contributed by atoms with Gasteiger partial charge in [-0.05, 0) is 38.4 Å². The molecule has 5 heteroatoms. The Balaban J connectivity index is 1.82. The number of ether oxygens (including phenoxy) is 1. The first-order valence-electron chi connectivity index (χ1n) is 8.22. The molecule has 1 aliphatic heterocycles. The first-order valence-corrected chi connectivity index (χ1v) is 8.22. The highest BCUT2D eigenvalue weighted by molar-refractivity contribution is 5.68. The zero-order valence-electron chi connectivity index (χ0n) is 14.1. The summed E-state index contributed by atoms with van der Waals surface area (Å²) in [5.74, 6) is 0.675. The maximum absolute atomic E-state index is 10.7. The first-order chi connectivity index (χ1) is 11.4. The molecule has 0 saturated heterocycles. The van der Waals surface area contributed by atoms with Crippen LogP contribution >= 0.6 is 0 Å². The molecule has 2 aromatic carbocycles. The molecular weight excluding hydrogens is 302 g/mol. The van der Waals surface area contributed by atoms with E-state index in [0.717, 1.165) is 18.5 Å². The minimum absolute atomic E-state index is 0.254. The van der Waals surface area contributed by atoms with Crippen LogP contribution in [-0.2, 0) is 6.42 Å². The number of hydrogen-bond acceptors (Lipinski definition) is 5. The monoisotopic (exact) mass is 327 g/mol. The summed E-state index contributed by atoms with van der Waals surface area (Å²) < 4.78 is 5.94. The van der Waals surface area contributed by atoms with E-state index in [1.165, 1.54) is 5.56 Å². The number of nitrogens with one attached hydrogen (secondary N) is 1. The Morgan fingerprint density at radius 2 is 1.79 bits per heavy atom. The molecule has 0 spiro atoms. The number of fused-ring (bicyclic) bond motifs is 1. The zero-order chi connectivity index (χ0) is 17.3. The Morgan fingerprint density at radius 1 is 1.12 bits per heavy atom. The predicted octanol–water partition coefficient (Wildman–Crippen LogP) is 2.26. The molecule has 0 fully saturated rings. The normalized spacial score (nSPS) is 21.8. The van der Waals surface area contributed by atoms with E-state index < -0.39 is 11.7 Å². The molecule has 0 aromatic heterocycles. The second-order valence-corrected chi connectivity index (χ2v) is 6.84. The predicted molar refractivity (Wildman–Crippen MR) is 96.9 cm³/mol. The van der Waals surface area contributed by atoms with Gasteiger partial charge in [0, 0.05) is 11.6 Å². The second kappa shape index (κ2) is 6.34. The van der Waals surface area contributed by atoms with E-state index in [0.29, 0.717) is 17.1 Å². The fourth-order valence-corrected chi connectivity index (χ4v) is 3.11. The molecule has 0 radical (unpaired) electrons. The zero-order valence-corrected chi connectivity index (χ0v) is 14.1. The van der Waals surface area contributed by atoms with E-state index in [1.807, 2.05) is 32.0 Å². The van der Waals surface area contributed by atoms with E-state index in [9.17, 15) is 5.11 Å². The molecule has 5 nitrogen and oxygen atoms in total. The van der Waals surface area contributed by atoms with Crippen molar-refractivity contribution in [3.8, 4) is 5.75 Å². The number of rotatable bonds is 4. The van der Waals surface area contributed by atoms with Gasteiger partial charge in [0.25, 0.3) is 0 Å². The number of nitrogens with two attached hydrogens (primary N) is 2. The van der Waals surface area contributed by atoms with Gasteiger partial charge in [-0.25, -0.2) is 0 Å². The van der Waals surface area contributed by atoms with Crippen molar-refractivity contribution in [2.24, 2.45) is 0 Å². The van der Waals surface area contributed by atoms with Crippen LogP contribution in [-0.4, -0.2) is 23.4 Å². The molecule has 0 saturated carbocycles. The number of anilines is 2. The molecular formula is C19H25N3O2. The van der Waals surface area contributed by atoms with Crippen LogP contribution in [0.25, 0.3) is 0 Å². The van der Waals surface area contributed by atoms with Crippen LogP contribution in [0.15, 0.2) is 42.5 Å². The van der Waals surface area contributed by atoms with Crippen LogP contribution in [0.2, 0.25) is 0 Å². The molecule has 3 rings (SSSR count). The van der Waals surface area contributed by atoms with Gasteiger partial charge in [-0.3, -0.25) is 0 Å². The molecule has 1 aliphatic rings. The van der Waals surface area contributed by atoms with Crippen LogP contribution in [0.4, 0.5) is 11.4 Å². The van der Waals surface area contributed by atoms with Crippen molar-refractivity contribution in [2.75, 3.05) is 18.0 Å². The number of aliphatic hydroxyl groups is 1. The summed E-state index contributed by atoms with van der Waals surface area (Å²) in [6.07, 6.45) is 0.189. The Morgan fingerprint density at radius 3 is 2.50 bits per heavy atom. The average molecular weight is 327 g/mol. The van der Waals surface area contributed by atoms with E-state index in [-0.39, 0.29) is 6.04 Å². The highest BCUT2D eigenvalue weighted by atomic mass is 16.5. The molecule has 0 unspecified atom stereocenters. The Kier molecular flexibility index (Phi) is 4.39. The van der Waals surface area contributed by atoms with Gasteiger partial charge in [0.2, 0.25) is 0 Å². The summed E-state index contributed by atoms with van der Waals surface area (Å²) in [5.41, 5.74) is 14.2. The largest absolute Gasteiger partial charge is 0.485 e. The average Bonchev–Trinajstić information content (AvgIpc) is 2.54. The highest BCUT2D eigenvalue weighted by Crippen LogP contribution is 2.42. The lowest BCUT2D eigenvalue weighted by Crippen LogP contribution is -2.52. The van der Waals surface area contributed by atoms with Gasteiger partial charge in [-0.2, -0.15) is 0 Å². The van der Waals surface area contributed by atoms with Gasteiger partial charge >= 0.3 is 0 Å². The fraction of sp³-hybridized carbons (Fsp3) is 0.368. The summed E-state index contributed by atoms with van der Waals surface area (Å²) in [6, 6.07) is 13.5. The van der Waals surface area contributed by atoms with Crippen molar-refractivity contribution in [1.29, 1.82) is 0 Å². The number of benzene rings is 2. The summed E-state index contributed by atoms with van der Waals surface area (Å²) in [5, 5.41) is 14.2. The van der Waals surface area contributed by atoms with Gasteiger partial charge in [-0.1, -0.05) is 30.3 Å². The lowest BCUT2D eigenvalue weighted by atomic mass is 9.86. The van der Waals surface area contributed by atoms with Crippen molar-refractivity contribution >= 4 is 11.4 Å². The fourth-order valence-electron chi connectivity index (χ4n) is 3.11. The third kappa shape index (κ3) is 3.18. The van der Waals surface area contributed by atoms with Crippen LogP contribution in [0.1, 0.15) is 31.0 Å². The van der Waals surface area contributed by atoms with Gasteiger partial charge < -0.3 is 26.6 Å². The molecule has 24 heavy (non-hydrogen) atoms. The highest BCUT2D eigenvalue weighted by Gasteiger charge is 2.42. The summed E-state index contributed by atoms with van der Waals surface area (Å²) in [4.78, 5) is 0. The van der Waals surface area contributed by atoms with Crippen LogP contribution < -0.4 is 21.5 Å². The molecule has 0 bridgehead atoms. The third-order valence-electron chi connectivity index (χ3n) is 4.57. The maximum atomic E-state index is 10.7. The Hall–Kier alpha value is -2.24. The minimum Gasteiger partial charge on any atom is -0.485 e. The first kappa shape index (κ1) is 16.6. The molecule has 128 valence electrons. The van der Waals surface area contributed by atoms with Gasteiger partial charge in [0.15, 0.2) is 0 Å². The summed E-state index contributed by atoms with van der Waals surface area (Å²) in [6.45, 7) is 4.49. The molecule has 2 atom stereocenters. The van der Waals surface area contributed by atoms with Crippen molar-refractivity contribution < 1.29 is 9.84 Å². The summed E-state index contributed by atoms with van der Waals surface area (Å²) in [7, 11) is 0. The number of aliphatic hydroxyl groups excluding tert-OH is 1. The van der Waals surface area contributed by atoms with Crippen molar-refractivity contribution in [2.45, 2.75) is 38.0 Å². The van der Waals surface area contributed by atoms with Crippen LogP contribution in [0.5, 0.6) is 5.75 Å². The lowest BCUT2D eigenvalue weighted by Gasteiger charge is -2.42. The second-order valence-electron chi connectivity index (χ2n) is 6.84. The van der Waals surface area contributed by atoms with E-state index in [4.69, 9.17) is 16.2 Å². The number of nitrogen functional groups attached to an aromatic ring is 2. The molecule has 6 N–H and O–H groups in total. The van der Waals surface area contributed by atoms with Gasteiger partial charge in [0.1, 0.15) is 17.5 Å². The summed E-state index contributed by atoms with van der Waals surface area (Å²) >= 11 is 0. The van der Waals surface area contributed by atoms with Crippen molar-refractivity contribution in [1.82, 2.24) is 5.32 Å². The molecule has 0 aliphatic carbocycles. The Bertz CT molecular complexity index is 716. The van der Waals surface area contributed by atoms with E-state index in [2.05, 4.69) is 17.4 Å². The van der Waals surface area contributed by atoms with Crippen molar-refractivity contribution in [3.63, 3.8) is 0 Å². The quantitative estimate of drug-likeness (QED) is 0.646. The van der Waals surface area contributed by atoms with E-state index in [1.54, 1.807) is 12.1 Å². The van der Waals surface area contributed by atoms with Crippen LogP contribution in [0.3, 0.4) is 0 Å². The van der Waals surface area contributed by atoms with Crippen LogP contribution in [0, 0.1) is 0 Å². The van der Waals surface area contributed by atoms with Crippen molar-refractivity contribution in [3.05, 3.63) is 53.6 Å². The SMILES string of the molecule is CC1(C)Oc2cc(N)c(N)cc2[C@@H](NCCc2ccccc2)[C@@H]1O. The molecule has 0 amide bonds. The molecule has 2 aromatic rings. The third-order valence-corrected chi connectivity index (χ3v) is 4.57. The maximum Gasteiger partial charge on any atom is 0.131 e. The van der Waals surface area contributed by atoms with Gasteiger partial charge in [-0.15, -0.1) is 0 Å². The van der Waals surface area contributed by atoms with E-state index >= 15 is 0 Å². The number of hydrogen-bond donors (Lipinski definition) is 4. The minimum atomic E-state index is -0.708.